The molecular weight excluding hydrogens is 396 g/mol. The number of hydrogen-bond acceptors (Lipinski definition) is 6. The van der Waals surface area contributed by atoms with Gasteiger partial charge in [-0.15, -0.1) is 0 Å². The number of nitrogens with one attached hydrogen (secondary N) is 2. The molecule has 30 heavy (non-hydrogen) atoms. The molecule has 1 aliphatic rings. The van der Waals surface area contributed by atoms with Crippen molar-refractivity contribution in [1.82, 2.24) is 19.9 Å². The van der Waals surface area contributed by atoms with E-state index in [9.17, 15) is 4.21 Å². The Morgan fingerprint density at radius 3 is 2.70 bits per heavy atom. The lowest BCUT2D eigenvalue weighted by Crippen LogP contribution is -2.37. The molecule has 8 heteroatoms. The third-order valence-corrected chi connectivity index (χ3v) is 8.10. The molecule has 2 N–H and O–H groups in total. The predicted molar refractivity (Wildman–Crippen MR) is 121 cm³/mol. The SMILES string of the molecule is Cc1ccc(CCS(=N)(=O)CC2CCC(N(C)c3ncnc4[nH]ccc34)CC2)cn1. The van der Waals surface area contributed by atoms with Gasteiger partial charge in [0.1, 0.15) is 17.8 Å². The van der Waals surface area contributed by atoms with E-state index in [1.807, 2.05) is 37.5 Å². The van der Waals surface area contributed by atoms with Crippen LogP contribution in [0.4, 0.5) is 5.82 Å². The van der Waals surface area contributed by atoms with Crippen LogP contribution in [-0.2, 0) is 16.1 Å². The van der Waals surface area contributed by atoms with Gasteiger partial charge < -0.3 is 9.88 Å². The van der Waals surface area contributed by atoms with Crippen LogP contribution in [-0.4, -0.2) is 48.7 Å². The zero-order chi connectivity index (χ0) is 21.1. The molecule has 3 aromatic rings. The second-order valence-electron chi connectivity index (χ2n) is 8.46. The highest BCUT2D eigenvalue weighted by molar-refractivity contribution is 7.92. The van der Waals surface area contributed by atoms with E-state index >= 15 is 0 Å². The minimum Gasteiger partial charge on any atom is -0.356 e. The van der Waals surface area contributed by atoms with Crippen LogP contribution < -0.4 is 4.90 Å². The number of hydrogen-bond donors (Lipinski definition) is 2. The molecular formula is C22H30N6OS. The number of pyridine rings is 1. The average molecular weight is 427 g/mol. The minimum absolute atomic E-state index is 0.369. The Balaban J connectivity index is 1.30. The highest BCUT2D eigenvalue weighted by atomic mass is 32.2. The lowest BCUT2D eigenvalue weighted by Gasteiger charge is -2.35. The molecule has 0 spiro atoms. The fourth-order valence-corrected chi connectivity index (χ4v) is 6.23. The Labute approximate surface area is 178 Å². The first kappa shape index (κ1) is 20.8. The lowest BCUT2D eigenvalue weighted by molar-refractivity contribution is 0.342. The maximum Gasteiger partial charge on any atom is 0.142 e. The Hall–Kier alpha value is -2.48. The van der Waals surface area contributed by atoms with Crippen molar-refractivity contribution in [2.24, 2.45) is 5.92 Å². The summed E-state index contributed by atoms with van der Waals surface area (Å²) in [4.78, 5) is 18.5. The van der Waals surface area contributed by atoms with Crippen molar-refractivity contribution in [3.05, 3.63) is 48.2 Å². The fraction of sp³-hybridized carbons (Fsp3) is 0.500. The van der Waals surface area contributed by atoms with Crippen molar-refractivity contribution in [3.63, 3.8) is 0 Å². The molecule has 1 fully saturated rings. The highest BCUT2D eigenvalue weighted by Crippen LogP contribution is 2.32. The van der Waals surface area contributed by atoms with Crippen LogP contribution in [0.3, 0.4) is 0 Å². The van der Waals surface area contributed by atoms with Crippen LogP contribution in [0.5, 0.6) is 0 Å². The van der Waals surface area contributed by atoms with E-state index in [1.54, 1.807) is 6.33 Å². The molecule has 0 amide bonds. The van der Waals surface area contributed by atoms with Crippen LogP contribution in [0, 0.1) is 17.6 Å². The normalized spacial score (nSPS) is 21.4. The fourth-order valence-electron chi connectivity index (χ4n) is 4.40. The van der Waals surface area contributed by atoms with E-state index in [0.717, 1.165) is 53.8 Å². The summed E-state index contributed by atoms with van der Waals surface area (Å²) in [5.74, 6) is 2.26. The predicted octanol–water partition coefficient (Wildman–Crippen LogP) is 3.95. The Bertz CT molecular complexity index is 1080. The van der Waals surface area contributed by atoms with Gasteiger partial charge in [-0.05, 0) is 62.6 Å². The molecule has 1 saturated carbocycles. The van der Waals surface area contributed by atoms with Gasteiger partial charge in [0.25, 0.3) is 0 Å². The number of anilines is 1. The standard InChI is InChI=1S/C22H30N6OS/c1-16-3-4-17(13-25-16)10-12-30(23,29)14-18-5-7-19(8-6-18)28(2)22-20-9-11-24-21(20)26-15-27-22/h3-4,9,11,13,15,18-19,23H,5-8,10,12,14H2,1-2H3,(H,24,26,27). The number of aromatic nitrogens is 4. The van der Waals surface area contributed by atoms with Crippen LogP contribution in [0.2, 0.25) is 0 Å². The molecule has 0 aromatic carbocycles. The summed E-state index contributed by atoms with van der Waals surface area (Å²) in [6.45, 7) is 1.96. The van der Waals surface area contributed by atoms with Gasteiger partial charge >= 0.3 is 0 Å². The van der Waals surface area contributed by atoms with Crippen molar-refractivity contribution in [2.75, 3.05) is 23.5 Å². The molecule has 1 atom stereocenters. The van der Waals surface area contributed by atoms with Crippen molar-refractivity contribution in [3.8, 4) is 0 Å². The van der Waals surface area contributed by atoms with E-state index in [4.69, 9.17) is 4.78 Å². The number of rotatable bonds is 7. The van der Waals surface area contributed by atoms with Gasteiger partial charge in [-0.2, -0.15) is 0 Å². The summed E-state index contributed by atoms with van der Waals surface area (Å²) in [6, 6.07) is 6.42. The van der Waals surface area contributed by atoms with Crippen LogP contribution in [0.1, 0.15) is 36.9 Å². The maximum atomic E-state index is 12.9. The Kier molecular flexibility index (Phi) is 6.04. The largest absolute Gasteiger partial charge is 0.356 e. The summed E-state index contributed by atoms with van der Waals surface area (Å²) in [5.41, 5.74) is 2.90. The van der Waals surface area contributed by atoms with Crippen molar-refractivity contribution < 1.29 is 4.21 Å². The third kappa shape index (κ3) is 4.80. The van der Waals surface area contributed by atoms with Crippen LogP contribution in [0.15, 0.2) is 36.9 Å². The van der Waals surface area contributed by atoms with E-state index in [0.29, 0.717) is 29.9 Å². The summed E-state index contributed by atoms with van der Waals surface area (Å²) in [6.07, 6.45) is 10.1. The molecule has 1 unspecified atom stereocenters. The second-order valence-corrected chi connectivity index (χ2v) is 10.8. The molecule has 4 rings (SSSR count). The summed E-state index contributed by atoms with van der Waals surface area (Å²) in [5, 5.41) is 1.04. The molecule has 0 bridgehead atoms. The monoisotopic (exact) mass is 426 g/mol. The zero-order valence-corrected chi connectivity index (χ0v) is 18.5. The van der Waals surface area contributed by atoms with Crippen molar-refractivity contribution in [2.45, 2.75) is 45.1 Å². The first-order chi connectivity index (χ1) is 14.4. The van der Waals surface area contributed by atoms with Crippen molar-refractivity contribution >= 4 is 26.6 Å². The molecule has 1 aliphatic carbocycles. The number of aryl methyl sites for hydroxylation is 2. The number of nitrogens with zero attached hydrogens (tertiary/aromatic N) is 4. The molecule has 0 saturated heterocycles. The van der Waals surface area contributed by atoms with E-state index in [1.165, 1.54) is 0 Å². The quantitative estimate of drug-likeness (QED) is 0.596. The van der Waals surface area contributed by atoms with Gasteiger partial charge in [-0.25, -0.2) is 14.2 Å². The zero-order valence-electron chi connectivity index (χ0n) is 17.7. The maximum absolute atomic E-state index is 12.9. The Morgan fingerprint density at radius 2 is 1.97 bits per heavy atom. The van der Waals surface area contributed by atoms with E-state index < -0.39 is 9.73 Å². The number of H-pyrrole nitrogens is 1. The van der Waals surface area contributed by atoms with Gasteiger partial charge in [0.2, 0.25) is 0 Å². The van der Waals surface area contributed by atoms with Gasteiger partial charge in [-0.3, -0.25) is 9.76 Å². The number of fused-ring (bicyclic) bond motifs is 1. The summed E-state index contributed by atoms with van der Waals surface area (Å²) < 4.78 is 21.2. The molecule has 160 valence electrons. The molecule has 0 radical (unpaired) electrons. The second kappa shape index (κ2) is 8.71. The van der Waals surface area contributed by atoms with Crippen molar-refractivity contribution in [1.29, 1.82) is 4.78 Å². The minimum atomic E-state index is -2.57. The topological polar surface area (TPSA) is 98.6 Å². The highest BCUT2D eigenvalue weighted by Gasteiger charge is 2.27. The average Bonchev–Trinajstić information content (AvgIpc) is 3.22. The summed E-state index contributed by atoms with van der Waals surface area (Å²) >= 11 is 0. The Morgan fingerprint density at radius 1 is 1.17 bits per heavy atom. The molecule has 3 heterocycles. The molecule has 0 aliphatic heterocycles. The number of aromatic amines is 1. The van der Waals surface area contributed by atoms with Crippen LogP contribution in [0.25, 0.3) is 11.0 Å². The van der Waals surface area contributed by atoms with E-state index in [-0.39, 0.29) is 0 Å². The van der Waals surface area contributed by atoms with Gasteiger partial charge in [0.15, 0.2) is 0 Å². The van der Waals surface area contributed by atoms with Gasteiger partial charge in [0.05, 0.1) is 5.39 Å². The molecule has 3 aromatic heterocycles. The first-order valence-electron chi connectivity index (χ1n) is 10.6. The summed E-state index contributed by atoms with van der Waals surface area (Å²) in [7, 11) is -0.467. The molecule has 7 nitrogen and oxygen atoms in total. The van der Waals surface area contributed by atoms with Crippen LogP contribution >= 0.6 is 0 Å². The lowest BCUT2D eigenvalue weighted by atomic mass is 9.86. The smallest absolute Gasteiger partial charge is 0.142 e. The third-order valence-electron chi connectivity index (χ3n) is 6.23. The van der Waals surface area contributed by atoms with Gasteiger partial charge in [-0.1, -0.05) is 6.07 Å². The van der Waals surface area contributed by atoms with Gasteiger partial charge in [0, 0.05) is 52.4 Å². The van der Waals surface area contributed by atoms with E-state index in [2.05, 4.69) is 31.9 Å². The first-order valence-corrected chi connectivity index (χ1v) is 12.5.